The van der Waals surface area contributed by atoms with E-state index < -0.39 is 7.92 Å². The summed E-state index contributed by atoms with van der Waals surface area (Å²) in [6, 6.07) is 49.5. The summed E-state index contributed by atoms with van der Waals surface area (Å²) in [6.45, 7) is 0. The molecule has 2 heterocycles. The topological polar surface area (TPSA) is 26.3 Å². The zero-order valence-electron chi connectivity index (χ0n) is 21.0. The van der Waals surface area contributed by atoms with Gasteiger partial charge in [0.1, 0.15) is 22.3 Å². The molecule has 0 saturated carbocycles. The molecule has 0 aliphatic carbocycles. The Morgan fingerprint density at radius 3 is 1.41 bits per heavy atom. The van der Waals surface area contributed by atoms with Crippen LogP contribution in [0.25, 0.3) is 55.0 Å². The summed E-state index contributed by atoms with van der Waals surface area (Å²) in [5.74, 6) is 0. The molecule has 2 aromatic heterocycles. The van der Waals surface area contributed by atoms with Gasteiger partial charge in [-0.2, -0.15) is 0 Å². The molecule has 8 rings (SSSR count). The summed E-state index contributed by atoms with van der Waals surface area (Å²) in [7, 11) is -0.691. The third kappa shape index (κ3) is 3.76. The van der Waals surface area contributed by atoms with Crippen molar-refractivity contribution < 1.29 is 8.83 Å². The molecule has 0 unspecified atom stereocenters. The van der Waals surface area contributed by atoms with E-state index in [-0.39, 0.29) is 0 Å². The number of fused-ring (bicyclic) bond motifs is 6. The van der Waals surface area contributed by atoms with Gasteiger partial charge >= 0.3 is 0 Å². The number of furan rings is 2. The number of rotatable bonds is 4. The minimum absolute atomic E-state index is 0.691. The lowest BCUT2D eigenvalue weighted by Gasteiger charge is -2.19. The van der Waals surface area contributed by atoms with Crippen molar-refractivity contribution in [3.63, 3.8) is 0 Å². The van der Waals surface area contributed by atoms with Crippen molar-refractivity contribution in [2.24, 2.45) is 0 Å². The summed E-state index contributed by atoms with van der Waals surface area (Å²) in [4.78, 5) is 0. The summed E-state index contributed by atoms with van der Waals surface area (Å²) >= 11 is 0. The van der Waals surface area contributed by atoms with Gasteiger partial charge in [0, 0.05) is 21.5 Å². The molecule has 6 aromatic carbocycles. The van der Waals surface area contributed by atoms with Crippen LogP contribution in [-0.4, -0.2) is 0 Å². The third-order valence-electron chi connectivity index (χ3n) is 7.45. The van der Waals surface area contributed by atoms with Crippen LogP contribution in [0.3, 0.4) is 0 Å². The molecular weight excluding hydrogens is 495 g/mol. The molecule has 0 amide bonds. The van der Waals surface area contributed by atoms with Gasteiger partial charge in [-0.1, -0.05) is 97.1 Å². The summed E-state index contributed by atoms with van der Waals surface area (Å²) in [5, 5.41) is 8.56. The fraction of sp³-hybridized carbons (Fsp3) is 0. The van der Waals surface area contributed by atoms with Gasteiger partial charge in [0.2, 0.25) is 0 Å². The van der Waals surface area contributed by atoms with Crippen molar-refractivity contribution in [2.45, 2.75) is 0 Å². The molecule has 39 heavy (non-hydrogen) atoms. The average molecular weight is 519 g/mol. The quantitative estimate of drug-likeness (QED) is 0.218. The summed E-state index contributed by atoms with van der Waals surface area (Å²) < 4.78 is 12.4. The van der Waals surface area contributed by atoms with Gasteiger partial charge in [-0.3, -0.25) is 0 Å². The van der Waals surface area contributed by atoms with Gasteiger partial charge < -0.3 is 8.83 Å². The van der Waals surface area contributed by atoms with Gasteiger partial charge in [0.15, 0.2) is 0 Å². The van der Waals surface area contributed by atoms with Gasteiger partial charge in [-0.15, -0.1) is 0 Å². The molecular formula is C36H23O2P. The third-order valence-corrected chi connectivity index (χ3v) is 9.87. The fourth-order valence-electron chi connectivity index (χ4n) is 5.59. The minimum atomic E-state index is -0.691. The zero-order chi connectivity index (χ0) is 25.8. The molecule has 0 atom stereocenters. The second kappa shape index (κ2) is 8.98. The molecule has 0 saturated heterocycles. The van der Waals surface area contributed by atoms with E-state index >= 15 is 0 Å². The number of hydrogen-bond acceptors (Lipinski definition) is 2. The molecule has 184 valence electrons. The Labute approximate surface area is 226 Å². The van der Waals surface area contributed by atoms with Gasteiger partial charge in [0.05, 0.1) is 0 Å². The molecule has 0 spiro atoms. The highest BCUT2D eigenvalue weighted by Crippen LogP contribution is 2.38. The van der Waals surface area contributed by atoms with E-state index in [1.165, 1.54) is 15.9 Å². The van der Waals surface area contributed by atoms with E-state index in [0.717, 1.165) is 55.0 Å². The van der Waals surface area contributed by atoms with Crippen LogP contribution in [0.1, 0.15) is 0 Å². The van der Waals surface area contributed by atoms with Crippen molar-refractivity contribution >= 4 is 67.7 Å². The molecule has 0 aliphatic heterocycles. The number of benzene rings is 6. The Morgan fingerprint density at radius 1 is 0.333 bits per heavy atom. The Hall–Kier alpha value is -4.65. The highest BCUT2D eigenvalue weighted by molar-refractivity contribution is 7.79. The van der Waals surface area contributed by atoms with Crippen molar-refractivity contribution in [3.8, 4) is 11.1 Å². The largest absolute Gasteiger partial charge is 0.456 e. The van der Waals surface area contributed by atoms with Crippen LogP contribution in [0.15, 0.2) is 148 Å². The SMILES string of the molecule is c1ccc(P(c2ccccc2)c2ccc3oc4ccc(-c5ccc6oc7ccccc7c6c5)cc4c3c2)cc1. The van der Waals surface area contributed by atoms with Crippen LogP contribution < -0.4 is 15.9 Å². The smallest absolute Gasteiger partial charge is 0.135 e. The van der Waals surface area contributed by atoms with Crippen LogP contribution in [0.2, 0.25) is 0 Å². The Kier molecular flexibility index (Phi) is 5.14. The van der Waals surface area contributed by atoms with Crippen LogP contribution in [0.5, 0.6) is 0 Å². The van der Waals surface area contributed by atoms with Crippen molar-refractivity contribution in [3.05, 3.63) is 140 Å². The summed E-state index contributed by atoms with van der Waals surface area (Å²) in [5.41, 5.74) is 5.98. The van der Waals surface area contributed by atoms with Crippen LogP contribution >= 0.6 is 7.92 Å². The van der Waals surface area contributed by atoms with Crippen molar-refractivity contribution in [1.82, 2.24) is 0 Å². The van der Waals surface area contributed by atoms with Gasteiger partial charge in [0.25, 0.3) is 0 Å². The van der Waals surface area contributed by atoms with E-state index in [1.54, 1.807) is 0 Å². The van der Waals surface area contributed by atoms with Crippen LogP contribution in [0, 0.1) is 0 Å². The first-order valence-corrected chi connectivity index (χ1v) is 14.4. The number of hydrogen-bond donors (Lipinski definition) is 0. The van der Waals surface area contributed by atoms with E-state index in [1.807, 2.05) is 12.1 Å². The Morgan fingerprint density at radius 2 is 0.795 bits per heavy atom. The Bertz CT molecular complexity index is 2080. The molecule has 0 N–H and O–H groups in total. The molecule has 0 radical (unpaired) electrons. The maximum atomic E-state index is 6.30. The van der Waals surface area contributed by atoms with E-state index in [0.29, 0.717) is 0 Å². The average Bonchev–Trinajstić information content (AvgIpc) is 3.55. The van der Waals surface area contributed by atoms with Crippen molar-refractivity contribution in [1.29, 1.82) is 0 Å². The van der Waals surface area contributed by atoms with E-state index in [9.17, 15) is 0 Å². The molecule has 0 fully saturated rings. The first kappa shape index (κ1) is 22.3. The second-order valence-corrected chi connectivity index (χ2v) is 12.0. The highest BCUT2D eigenvalue weighted by atomic mass is 31.1. The first-order valence-electron chi connectivity index (χ1n) is 13.1. The van der Waals surface area contributed by atoms with Gasteiger partial charge in [-0.25, -0.2) is 0 Å². The van der Waals surface area contributed by atoms with Crippen molar-refractivity contribution in [2.75, 3.05) is 0 Å². The normalized spacial score (nSPS) is 11.8. The molecule has 2 nitrogen and oxygen atoms in total. The zero-order valence-corrected chi connectivity index (χ0v) is 21.9. The molecule has 0 aliphatic rings. The molecule has 8 aromatic rings. The fourth-order valence-corrected chi connectivity index (χ4v) is 7.91. The lowest BCUT2D eigenvalue weighted by Crippen LogP contribution is -2.20. The lowest BCUT2D eigenvalue weighted by atomic mass is 10.0. The standard InChI is InChI=1S/C36H23O2P/c1-3-9-26(10-4-1)39(27-11-5-2-6-12-27)28-17-20-36-32(23-28)31-22-25(16-19-35(31)38-36)24-15-18-34-30(21-24)29-13-7-8-14-33(29)37-34/h1-23H. The second-order valence-electron chi connectivity index (χ2n) is 9.81. The highest BCUT2D eigenvalue weighted by Gasteiger charge is 2.18. The predicted octanol–water partition coefficient (Wildman–Crippen LogP) is 8.91. The first-order chi connectivity index (χ1) is 19.3. The van der Waals surface area contributed by atoms with Gasteiger partial charge in [-0.05, 0) is 77.4 Å². The molecule has 0 bridgehead atoms. The molecule has 3 heteroatoms. The lowest BCUT2D eigenvalue weighted by molar-refractivity contribution is 0.668. The maximum Gasteiger partial charge on any atom is 0.135 e. The monoisotopic (exact) mass is 518 g/mol. The Balaban J connectivity index is 1.29. The predicted molar refractivity (Wildman–Crippen MR) is 165 cm³/mol. The minimum Gasteiger partial charge on any atom is -0.456 e. The van der Waals surface area contributed by atoms with Crippen LogP contribution in [-0.2, 0) is 0 Å². The maximum absolute atomic E-state index is 6.30. The number of para-hydroxylation sites is 1. The van der Waals surface area contributed by atoms with Crippen LogP contribution in [0.4, 0.5) is 0 Å². The van der Waals surface area contributed by atoms with E-state index in [2.05, 4.69) is 127 Å². The van der Waals surface area contributed by atoms with E-state index in [4.69, 9.17) is 8.83 Å². The summed E-state index contributed by atoms with van der Waals surface area (Å²) in [6.07, 6.45) is 0.